The molecule has 2 aliphatic heterocycles. The van der Waals surface area contributed by atoms with Gasteiger partial charge in [-0.2, -0.15) is 5.10 Å². The SMILES string of the molecule is Cc1cc2ncc3c(n2n1)C[C@H]1CC[C@@H]3N1Cc1cnc(C)nc1. The van der Waals surface area contributed by atoms with Gasteiger partial charge in [-0.05, 0) is 26.7 Å². The average molecular weight is 320 g/mol. The Balaban J connectivity index is 1.53. The van der Waals surface area contributed by atoms with E-state index in [1.807, 2.05) is 26.2 Å². The lowest BCUT2D eigenvalue weighted by molar-refractivity contribution is 0.164. The van der Waals surface area contributed by atoms with E-state index in [-0.39, 0.29) is 0 Å². The number of aryl methyl sites for hydroxylation is 2. The molecular formula is C18H20N6. The Morgan fingerprint density at radius 3 is 2.75 bits per heavy atom. The highest BCUT2D eigenvalue weighted by molar-refractivity contribution is 5.44. The van der Waals surface area contributed by atoms with Gasteiger partial charge < -0.3 is 0 Å². The lowest BCUT2D eigenvalue weighted by Gasteiger charge is -2.36. The summed E-state index contributed by atoms with van der Waals surface area (Å²) in [5.74, 6) is 0.825. The van der Waals surface area contributed by atoms with Gasteiger partial charge in [-0.3, -0.25) is 4.90 Å². The van der Waals surface area contributed by atoms with Crippen LogP contribution in [0.4, 0.5) is 0 Å². The fourth-order valence-corrected chi connectivity index (χ4v) is 4.26. The van der Waals surface area contributed by atoms with E-state index in [9.17, 15) is 0 Å². The van der Waals surface area contributed by atoms with Gasteiger partial charge in [0.25, 0.3) is 0 Å². The predicted molar refractivity (Wildman–Crippen MR) is 89.5 cm³/mol. The molecule has 0 saturated carbocycles. The molecule has 0 aliphatic carbocycles. The maximum absolute atomic E-state index is 4.66. The Labute approximate surface area is 140 Å². The van der Waals surface area contributed by atoms with Gasteiger partial charge in [-0.25, -0.2) is 19.5 Å². The molecular weight excluding hydrogens is 300 g/mol. The van der Waals surface area contributed by atoms with Gasteiger partial charge in [0.15, 0.2) is 5.65 Å². The average Bonchev–Trinajstić information content (AvgIpc) is 3.08. The monoisotopic (exact) mass is 320 g/mol. The minimum Gasteiger partial charge on any atom is -0.289 e. The molecule has 6 heteroatoms. The summed E-state index contributed by atoms with van der Waals surface area (Å²) in [7, 11) is 0. The van der Waals surface area contributed by atoms with Crippen LogP contribution in [0.5, 0.6) is 0 Å². The second-order valence-corrected chi connectivity index (χ2v) is 6.98. The summed E-state index contributed by atoms with van der Waals surface area (Å²) in [6.45, 7) is 4.86. The molecule has 0 aromatic carbocycles. The van der Waals surface area contributed by atoms with Crippen LogP contribution in [0.15, 0.2) is 24.7 Å². The van der Waals surface area contributed by atoms with Gasteiger partial charge in [0.2, 0.25) is 0 Å². The van der Waals surface area contributed by atoms with Crippen LogP contribution in [0.2, 0.25) is 0 Å². The van der Waals surface area contributed by atoms with Crippen molar-refractivity contribution >= 4 is 5.65 Å². The first-order valence-corrected chi connectivity index (χ1v) is 8.56. The lowest BCUT2D eigenvalue weighted by Crippen LogP contribution is -2.38. The van der Waals surface area contributed by atoms with Crippen molar-refractivity contribution in [3.8, 4) is 0 Å². The molecule has 0 unspecified atom stereocenters. The Hall–Kier alpha value is -2.34. The molecule has 2 aliphatic rings. The minimum absolute atomic E-state index is 0.432. The van der Waals surface area contributed by atoms with Gasteiger partial charge in [0.05, 0.1) is 11.4 Å². The third kappa shape index (κ3) is 2.06. The van der Waals surface area contributed by atoms with E-state index in [4.69, 9.17) is 0 Å². The Morgan fingerprint density at radius 1 is 1.08 bits per heavy atom. The summed E-state index contributed by atoms with van der Waals surface area (Å²) in [6, 6.07) is 3.05. The highest BCUT2D eigenvalue weighted by Gasteiger charge is 2.41. The number of hydrogen-bond acceptors (Lipinski definition) is 5. The number of rotatable bonds is 2. The van der Waals surface area contributed by atoms with E-state index in [1.54, 1.807) is 0 Å². The Bertz CT molecular complexity index is 913. The van der Waals surface area contributed by atoms with Crippen molar-refractivity contribution in [2.45, 2.75) is 51.7 Å². The molecule has 3 aromatic rings. The molecule has 0 spiro atoms. The summed E-state index contributed by atoms with van der Waals surface area (Å²) in [5.41, 5.74) is 5.86. The fraction of sp³-hybridized carbons (Fsp3) is 0.444. The van der Waals surface area contributed by atoms with Crippen LogP contribution < -0.4 is 0 Å². The van der Waals surface area contributed by atoms with Crippen LogP contribution in [0.25, 0.3) is 5.65 Å². The van der Waals surface area contributed by atoms with E-state index in [0.29, 0.717) is 12.1 Å². The Kier molecular flexibility index (Phi) is 2.97. The third-order valence-electron chi connectivity index (χ3n) is 5.37. The predicted octanol–water partition coefficient (Wildman–Crippen LogP) is 2.40. The number of aromatic nitrogens is 5. The van der Waals surface area contributed by atoms with E-state index >= 15 is 0 Å². The number of hydrogen-bond donors (Lipinski definition) is 0. The van der Waals surface area contributed by atoms with E-state index in [0.717, 1.165) is 30.1 Å². The van der Waals surface area contributed by atoms with E-state index < -0.39 is 0 Å². The molecule has 2 bridgehead atoms. The van der Waals surface area contributed by atoms with Gasteiger partial charge in [0, 0.05) is 60.8 Å². The molecule has 0 N–H and O–H groups in total. The molecule has 1 saturated heterocycles. The first-order valence-electron chi connectivity index (χ1n) is 8.56. The van der Waals surface area contributed by atoms with Crippen LogP contribution in [0.1, 0.15) is 47.2 Å². The highest BCUT2D eigenvalue weighted by atomic mass is 15.3. The zero-order valence-corrected chi connectivity index (χ0v) is 14.0. The van der Waals surface area contributed by atoms with Crippen molar-refractivity contribution in [1.29, 1.82) is 0 Å². The first kappa shape index (κ1) is 14.0. The van der Waals surface area contributed by atoms with Crippen molar-refractivity contribution in [2.75, 3.05) is 0 Å². The van der Waals surface area contributed by atoms with E-state index in [1.165, 1.54) is 29.7 Å². The highest BCUT2D eigenvalue weighted by Crippen LogP contribution is 2.44. The van der Waals surface area contributed by atoms with Gasteiger partial charge in [-0.15, -0.1) is 0 Å². The molecule has 1 fully saturated rings. The van der Waals surface area contributed by atoms with Crippen molar-refractivity contribution in [2.24, 2.45) is 0 Å². The summed E-state index contributed by atoms with van der Waals surface area (Å²) in [6.07, 6.45) is 9.44. The summed E-state index contributed by atoms with van der Waals surface area (Å²) >= 11 is 0. The first-order chi connectivity index (χ1) is 11.7. The molecule has 0 radical (unpaired) electrons. The number of nitrogens with zero attached hydrogens (tertiary/aromatic N) is 6. The molecule has 2 atom stereocenters. The van der Waals surface area contributed by atoms with Crippen LogP contribution >= 0.6 is 0 Å². The van der Waals surface area contributed by atoms with Gasteiger partial charge >= 0.3 is 0 Å². The zero-order valence-electron chi connectivity index (χ0n) is 14.0. The van der Waals surface area contributed by atoms with Crippen LogP contribution in [0.3, 0.4) is 0 Å². The molecule has 5 rings (SSSR count). The van der Waals surface area contributed by atoms with Crippen molar-refractivity contribution < 1.29 is 0 Å². The van der Waals surface area contributed by atoms with Crippen LogP contribution in [0, 0.1) is 13.8 Å². The van der Waals surface area contributed by atoms with Crippen molar-refractivity contribution in [3.05, 3.63) is 53.0 Å². The summed E-state index contributed by atoms with van der Waals surface area (Å²) in [4.78, 5) is 15.9. The van der Waals surface area contributed by atoms with Crippen molar-refractivity contribution in [1.82, 2.24) is 29.5 Å². The molecule has 122 valence electrons. The summed E-state index contributed by atoms with van der Waals surface area (Å²) < 4.78 is 2.06. The fourth-order valence-electron chi connectivity index (χ4n) is 4.26. The normalized spacial score (nSPS) is 22.9. The zero-order chi connectivity index (χ0) is 16.3. The van der Waals surface area contributed by atoms with Crippen LogP contribution in [-0.2, 0) is 13.0 Å². The largest absolute Gasteiger partial charge is 0.289 e. The third-order valence-corrected chi connectivity index (χ3v) is 5.37. The van der Waals surface area contributed by atoms with Crippen LogP contribution in [-0.4, -0.2) is 35.5 Å². The lowest BCUT2D eigenvalue weighted by atomic mass is 9.98. The quantitative estimate of drug-likeness (QED) is 0.725. The molecule has 0 amide bonds. The summed E-state index contributed by atoms with van der Waals surface area (Å²) in [5, 5.41) is 4.66. The molecule has 3 aromatic heterocycles. The second kappa shape index (κ2) is 5.08. The maximum Gasteiger partial charge on any atom is 0.155 e. The molecule has 5 heterocycles. The molecule has 24 heavy (non-hydrogen) atoms. The van der Waals surface area contributed by atoms with Gasteiger partial charge in [0.1, 0.15) is 5.82 Å². The number of fused-ring (bicyclic) bond motifs is 6. The van der Waals surface area contributed by atoms with Crippen molar-refractivity contribution in [3.63, 3.8) is 0 Å². The second-order valence-electron chi connectivity index (χ2n) is 6.98. The topological polar surface area (TPSA) is 59.2 Å². The molecule has 6 nitrogen and oxygen atoms in total. The minimum atomic E-state index is 0.432. The maximum atomic E-state index is 4.66. The smallest absolute Gasteiger partial charge is 0.155 e. The standard InChI is InChI=1S/C18H20N6/c1-11-5-18-21-9-15-16-4-3-14(6-17(15)24(18)22-11)23(16)10-13-7-19-12(2)20-8-13/h5,7-9,14,16H,3-4,6,10H2,1-2H3/t14-,16+/m1/s1. The Morgan fingerprint density at radius 2 is 1.92 bits per heavy atom. The van der Waals surface area contributed by atoms with Gasteiger partial charge in [-0.1, -0.05) is 0 Å². The van der Waals surface area contributed by atoms with E-state index in [2.05, 4.69) is 41.7 Å².